The van der Waals surface area contributed by atoms with E-state index >= 15 is 0 Å². The first-order chi connectivity index (χ1) is 10.0. The molecule has 2 amide bonds. The van der Waals surface area contributed by atoms with E-state index in [2.05, 4.69) is 15.4 Å². The molecule has 0 aromatic heterocycles. The predicted octanol–water partition coefficient (Wildman–Crippen LogP) is 0.449. The third kappa shape index (κ3) is 10.0. The SMILES string of the molecule is COC(=O)[C@H](CSC(=O)CNC(=O)OC(C)(C)C)NC(C)=O. The summed E-state index contributed by atoms with van der Waals surface area (Å²) in [6.45, 7) is 6.13. The van der Waals surface area contributed by atoms with Crippen LogP contribution in [0.4, 0.5) is 4.79 Å². The largest absolute Gasteiger partial charge is 0.467 e. The van der Waals surface area contributed by atoms with Crippen LogP contribution in [0.25, 0.3) is 0 Å². The molecule has 0 aliphatic heterocycles. The Bertz CT molecular complexity index is 433. The second kappa shape index (κ2) is 9.29. The van der Waals surface area contributed by atoms with Crippen molar-refractivity contribution < 1.29 is 28.7 Å². The standard InChI is InChI=1S/C13H22N2O6S/c1-8(16)15-9(11(18)20-5)7-22-10(17)6-14-12(19)21-13(2,3)4/h9H,6-7H2,1-5H3,(H,14,19)(H,15,16)/t9-/m0/s1. The predicted molar refractivity (Wildman–Crippen MR) is 81.3 cm³/mol. The summed E-state index contributed by atoms with van der Waals surface area (Å²) in [6.07, 6.45) is -0.701. The molecule has 0 fully saturated rings. The topological polar surface area (TPSA) is 111 Å². The van der Waals surface area contributed by atoms with Crippen LogP contribution in [0.15, 0.2) is 0 Å². The maximum absolute atomic E-state index is 11.6. The van der Waals surface area contributed by atoms with E-state index in [9.17, 15) is 19.2 Å². The van der Waals surface area contributed by atoms with Gasteiger partial charge < -0.3 is 20.1 Å². The Labute approximate surface area is 133 Å². The van der Waals surface area contributed by atoms with Gasteiger partial charge in [-0.2, -0.15) is 0 Å². The summed E-state index contributed by atoms with van der Waals surface area (Å²) in [5.74, 6) is -1.04. The molecule has 1 atom stereocenters. The van der Waals surface area contributed by atoms with Crippen molar-refractivity contribution in [3.8, 4) is 0 Å². The van der Waals surface area contributed by atoms with Gasteiger partial charge in [-0.1, -0.05) is 11.8 Å². The fraction of sp³-hybridized carbons (Fsp3) is 0.692. The summed E-state index contributed by atoms with van der Waals surface area (Å²) in [4.78, 5) is 45.4. The zero-order valence-electron chi connectivity index (χ0n) is 13.3. The molecule has 0 heterocycles. The molecular weight excluding hydrogens is 312 g/mol. The van der Waals surface area contributed by atoms with Gasteiger partial charge in [0.1, 0.15) is 11.6 Å². The molecule has 2 N–H and O–H groups in total. The van der Waals surface area contributed by atoms with Crippen molar-refractivity contribution in [2.24, 2.45) is 0 Å². The van der Waals surface area contributed by atoms with Crippen molar-refractivity contribution in [1.82, 2.24) is 10.6 Å². The fourth-order valence-electron chi connectivity index (χ4n) is 1.24. The van der Waals surface area contributed by atoms with Gasteiger partial charge in [0, 0.05) is 12.7 Å². The molecule has 0 aromatic carbocycles. The Kier molecular flexibility index (Phi) is 8.54. The van der Waals surface area contributed by atoms with E-state index in [1.165, 1.54) is 14.0 Å². The van der Waals surface area contributed by atoms with Crippen LogP contribution < -0.4 is 10.6 Å². The summed E-state index contributed by atoms with van der Waals surface area (Å²) in [5.41, 5.74) is -0.651. The number of nitrogens with one attached hydrogen (secondary N) is 2. The summed E-state index contributed by atoms with van der Waals surface area (Å²) in [6, 6.07) is -0.919. The van der Waals surface area contributed by atoms with Crippen molar-refractivity contribution in [1.29, 1.82) is 0 Å². The molecule has 8 nitrogen and oxygen atoms in total. The molecule has 0 saturated heterocycles. The van der Waals surface area contributed by atoms with Crippen molar-refractivity contribution in [2.75, 3.05) is 19.4 Å². The van der Waals surface area contributed by atoms with Crippen LogP contribution in [0, 0.1) is 0 Å². The van der Waals surface area contributed by atoms with Gasteiger partial charge in [-0.15, -0.1) is 0 Å². The highest BCUT2D eigenvalue weighted by Crippen LogP contribution is 2.08. The lowest BCUT2D eigenvalue weighted by Crippen LogP contribution is -2.42. The van der Waals surface area contributed by atoms with Crippen molar-refractivity contribution in [3.63, 3.8) is 0 Å². The molecular formula is C13H22N2O6S. The highest BCUT2D eigenvalue weighted by Gasteiger charge is 2.22. The van der Waals surface area contributed by atoms with Gasteiger partial charge in [-0.3, -0.25) is 9.59 Å². The third-order valence-electron chi connectivity index (χ3n) is 2.05. The molecule has 0 radical (unpaired) electrons. The van der Waals surface area contributed by atoms with Crippen LogP contribution in [0.1, 0.15) is 27.7 Å². The Hall–Kier alpha value is -1.77. The summed E-state index contributed by atoms with van der Waals surface area (Å²) in [7, 11) is 1.19. The molecule has 22 heavy (non-hydrogen) atoms. The number of amides is 2. The number of esters is 1. The van der Waals surface area contributed by atoms with E-state index in [0.29, 0.717) is 0 Å². The number of hydrogen-bond acceptors (Lipinski definition) is 7. The van der Waals surface area contributed by atoms with Crippen molar-refractivity contribution in [3.05, 3.63) is 0 Å². The van der Waals surface area contributed by atoms with Crippen LogP contribution in [-0.2, 0) is 23.9 Å². The fourth-order valence-corrected chi connectivity index (χ4v) is 1.99. The minimum absolute atomic E-state index is 0.0150. The maximum atomic E-state index is 11.6. The van der Waals surface area contributed by atoms with Gasteiger partial charge >= 0.3 is 12.1 Å². The first kappa shape index (κ1) is 20.2. The molecule has 0 aliphatic rings. The molecule has 0 bridgehead atoms. The van der Waals surface area contributed by atoms with Gasteiger partial charge in [0.25, 0.3) is 0 Å². The van der Waals surface area contributed by atoms with Crippen molar-refractivity contribution in [2.45, 2.75) is 39.3 Å². The maximum Gasteiger partial charge on any atom is 0.408 e. The number of hydrogen-bond donors (Lipinski definition) is 2. The van der Waals surface area contributed by atoms with E-state index in [1.54, 1.807) is 20.8 Å². The number of ether oxygens (including phenoxy) is 2. The van der Waals surface area contributed by atoms with E-state index in [1.807, 2.05) is 0 Å². The van der Waals surface area contributed by atoms with Gasteiger partial charge in [0.05, 0.1) is 13.7 Å². The quantitative estimate of drug-likeness (QED) is 0.678. The molecule has 0 aromatic rings. The van der Waals surface area contributed by atoms with E-state index in [4.69, 9.17) is 4.74 Å². The first-order valence-corrected chi connectivity index (χ1v) is 7.51. The normalized spacial score (nSPS) is 12.0. The number of alkyl carbamates (subject to hydrolysis) is 1. The number of methoxy groups -OCH3 is 1. The highest BCUT2D eigenvalue weighted by atomic mass is 32.2. The second-order valence-corrected chi connectivity index (χ2v) is 6.39. The smallest absolute Gasteiger partial charge is 0.408 e. The number of carbonyl (C=O) groups is 4. The van der Waals surface area contributed by atoms with Crippen LogP contribution >= 0.6 is 11.8 Å². The molecule has 0 saturated carbocycles. The molecule has 0 aliphatic carbocycles. The molecule has 0 spiro atoms. The van der Waals surface area contributed by atoms with Crippen LogP contribution in [-0.4, -0.2) is 54.1 Å². The Morgan fingerprint density at radius 2 is 1.77 bits per heavy atom. The number of rotatable bonds is 6. The van der Waals surface area contributed by atoms with Crippen LogP contribution in [0.3, 0.4) is 0 Å². The number of carbonyl (C=O) groups excluding carboxylic acids is 4. The lowest BCUT2D eigenvalue weighted by atomic mass is 10.2. The third-order valence-corrected chi connectivity index (χ3v) is 3.02. The van der Waals surface area contributed by atoms with E-state index < -0.39 is 29.6 Å². The lowest BCUT2D eigenvalue weighted by molar-refractivity contribution is -0.144. The van der Waals surface area contributed by atoms with Crippen LogP contribution in [0.2, 0.25) is 0 Å². The van der Waals surface area contributed by atoms with Crippen LogP contribution in [0.5, 0.6) is 0 Å². The highest BCUT2D eigenvalue weighted by molar-refractivity contribution is 8.13. The Morgan fingerprint density at radius 3 is 2.23 bits per heavy atom. The summed E-state index contributed by atoms with van der Waals surface area (Å²) >= 11 is 0.805. The summed E-state index contributed by atoms with van der Waals surface area (Å²) in [5, 5.41) is 4.32. The number of thioether (sulfide) groups is 1. The van der Waals surface area contributed by atoms with Gasteiger partial charge in [-0.05, 0) is 20.8 Å². The average Bonchev–Trinajstić information content (AvgIpc) is 2.37. The zero-order valence-corrected chi connectivity index (χ0v) is 14.2. The minimum Gasteiger partial charge on any atom is -0.467 e. The van der Waals surface area contributed by atoms with Gasteiger partial charge in [0.15, 0.2) is 0 Å². The lowest BCUT2D eigenvalue weighted by Gasteiger charge is -2.19. The monoisotopic (exact) mass is 334 g/mol. The minimum atomic E-state index is -0.919. The molecule has 0 rings (SSSR count). The average molecular weight is 334 g/mol. The Morgan fingerprint density at radius 1 is 1.18 bits per heavy atom. The first-order valence-electron chi connectivity index (χ1n) is 6.52. The molecule has 9 heteroatoms. The second-order valence-electron chi connectivity index (χ2n) is 5.31. The zero-order chi connectivity index (χ0) is 17.3. The van der Waals surface area contributed by atoms with Crippen molar-refractivity contribution >= 4 is 34.8 Å². The van der Waals surface area contributed by atoms with E-state index in [-0.39, 0.29) is 17.4 Å². The van der Waals surface area contributed by atoms with Gasteiger partial charge in [0.2, 0.25) is 11.0 Å². The molecule has 126 valence electrons. The molecule has 0 unspecified atom stereocenters. The summed E-state index contributed by atoms with van der Waals surface area (Å²) < 4.78 is 9.51. The Balaban J connectivity index is 4.22. The van der Waals surface area contributed by atoms with E-state index in [0.717, 1.165) is 11.8 Å². The van der Waals surface area contributed by atoms with Gasteiger partial charge in [-0.25, -0.2) is 9.59 Å².